The van der Waals surface area contributed by atoms with Crippen LogP contribution in [0.25, 0.3) is 10.9 Å². The van der Waals surface area contributed by atoms with E-state index in [4.69, 9.17) is 0 Å². The molecule has 28 heavy (non-hydrogen) atoms. The lowest BCUT2D eigenvalue weighted by Gasteiger charge is -2.21. The number of fused-ring (bicyclic) bond motifs is 1. The molecule has 0 bridgehead atoms. The number of hydrogen-bond acceptors (Lipinski definition) is 3. The molecule has 3 rings (SSSR count). The molecular weight excluding hydrogens is 371 g/mol. The molecule has 2 amide bonds. The predicted molar refractivity (Wildman–Crippen MR) is 99.8 cm³/mol. The quantitative estimate of drug-likeness (QED) is 0.728. The van der Waals surface area contributed by atoms with Crippen LogP contribution in [0.1, 0.15) is 12.5 Å². The van der Waals surface area contributed by atoms with E-state index in [2.05, 4.69) is 10.3 Å². The second kappa shape index (κ2) is 7.67. The highest BCUT2D eigenvalue weighted by atomic mass is 19.4. The maximum absolute atomic E-state index is 12.7. The number of nitrogens with zero attached hydrogens (tertiary/aromatic N) is 2. The average molecular weight is 387 g/mol. The summed E-state index contributed by atoms with van der Waals surface area (Å²) >= 11 is 0. The molecule has 1 heterocycles. The number of rotatable bonds is 4. The van der Waals surface area contributed by atoms with E-state index in [1.807, 2.05) is 12.1 Å². The summed E-state index contributed by atoms with van der Waals surface area (Å²) in [6.07, 6.45) is -2.87. The number of para-hydroxylation sites is 1. The van der Waals surface area contributed by atoms with Crippen LogP contribution in [0, 0.1) is 0 Å². The summed E-state index contributed by atoms with van der Waals surface area (Å²) in [6, 6.07) is 13.0. The van der Waals surface area contributed by atoms with E-state index in [9.17, 15) is 22.8 Å². The maximum Gasteiger partial charge on any atom is 0.416 e. The van der Waals surface area contributed by atoms with Gasteiger partial charge in [-0.05, 0) is 36.4 Å². The van der Waals surface area contributed by atoms with Crippen molar-refractivity contribution in [2.45, 2.75) is 13.1 Å². The molecule has 0 saturated carbocycles. The number of benzene rings is 2. The first kappa shape index (κ1) is 19.3. The van der Waals surface area contributed by atoms with Gasteiger partial charge in [-0.2, -0.15) is 13.2 Å². The summed E-state index contributed by atoms with van der Waals surface area (Å²) in [4.78, 5) is 29.7. The van der Waals surface area contributed by atoms with Gasteiger partial charge >= 0.3 is 6.18 Å². The number of carbonyl (C=O) groups excluding carboxylic acids is 2. The van der Waals surface area contributed by atoms with Crippen LogP contribution in [0.15, 0.2) is 60.8 Å². The second-order valence-corrected chi connectivity index (χ2v) is 6.08. The SMILES string of the molecule is CC(=O)N(CC(=O)Nc1cccc2cccnc12)c1ccc(C(F)(F)F)cc1. The van der Waals surface area contributed by atoms with Crippen LogP contribution in [0.3, 0.4) is 0 Å². The fourth-order valence-electron chi connectivity index (χ4n) is 2.75. The van der Waals surface area contributed by atoms with Crippen molar-refractivity contribution in [2.24, 2.45) is 0 Å². The summed E-state index contributed by atoms with van der Waals surface area (Å²) in [6.45, 7) is 0.897. The number of alkyl halides is 3. The first-order valence-electron chi connectivity index (χ1n) is 8.34. The zero-order chi connectivity index (χ0) is 20.3. The van der Waals surface area contributed by atoms with E-state index in [1.54, 1.807) is 24.4 Å². The monoisotopic (exact) mass is 387 g/mol. The van der Waals surface area contributed by atoms with E-state index in [0.29, 0.717) is 11.2 Å². The van der Waals surface area contributed by atoms with Gasteiger partial charge in [-0.25, -0.2) is 0 Å². The summed E-state index contributed by atoms with van der Waals surface area (Å²) < 4.78 is 38.1. The number of aromatic nitrogens is 1. The molecule has 0 aliphatic rings. The van der Waals surface area contributed by atoms with Gasteiger partial charge in [0.15, 0.2) is 0 Å². The third-order valence-electron chi connectivity index (χ3n) is 4.09. The third-order valence-corrected chi connectivity index (χ3v) is 4.09. The number of pyridine rings is 1. The molecule has 0 saturated heterocycles. The van der Waals surface area contributed by atoms with Crippen molar-refractivity contribution < 1.29 is 22.8 Å². The lowest BCUT2D eigenvalue weighted by atomic mass is 10.2. The van der Waals surface area contributed by atoms with Gasteiger partial charge in [0, 0.05) is 24.2 Å². The highest BCUT2D eigenvalue weighted by molar-refractivity contribution is 6.05. The van der Waals surface area contributed by atoms with Gasteiger partial charge in [-0.3, -0.25) is 14.6 Å². The van der Waals surface area contributed by atoms with E-state index >= 15 is 0 Å². The lowest BCUT2D eigenvalue weighted by molar-refractivity contribution is -0.137. The highest BCUT2D eigenvalue weighted by Crippen LogP contribution is 2.30. The van der Waals surface area contributed by atoms with Crippen LogP contribution < -0.4 is 10.2 Å². The van der Waals surface area contributed by atoms with Crippen molar-refractivity contribution in [3.05, 3.63) is 66.4 Å². The number of anilines is 2. The third kappa shape index (κ3) is 4.28. The number of carbonyl (C=O) groups is 2. The molecule has 1 N–H and O–H groups in total. The predicted octanol–water partition coefficient (Wildman–Crippen LogP) is 4.25. The van der Waals surface area contributed by atoms with Gasteiger partial charge in [0.25, 0.3) is 0 Å². The van der Waals surface area contributed by atoms with Gasteiger partial charge in [0.1, 0.15) is 6.54 Å². The molecule has 1 aromatic heterocycles. The number of amides is 2. The van der Waals surface area contributed by atoms with Gasteiger partial charge in [0.05, 0.1) is 16.8 Å². The topological polar surface area (TPSA) is 62.3 Å². The van der Waals surface area contributed by atoms with Crippen LogP contribution in [0.5, 0.6) is 0 Å². The van der Waals surface area contributed by atoms with Crippen molar-refractivity contribution in [1.82, 2.24) is 4.98 Å². The Bertz CT molecular complexity index is 1010. The minimum absolute atomic E-state index is 0.201. The van der Waals surface area contributed by atoms with Crippen LogP contribution in [-0.2, 0) is 15.8 Å². The Balaban J connectivity index is 1.79. The van der Waals surface area contributed by atoms with Crippen molar-refractivity contribution in [3.8, 4) is 0 Å². The number of hydrogen-bond donors (Lipinski definition) is 1. The minimum Gasteiger partial charge on any atom is -0.323 e. The Kier molecular flexibility index (Phi) is 5.30. The molecule has 0 unspecified atom stereocenters. The van der Waals surface area contributed by atoms with Gasteiger partial charge in [0.2, 0.25) is 11.8 Å². The lowest BCUT2D eigenvalue weighted by Crippen LogP contribution is -2.36. The fraction of sp³-hybridized carbons (Fsp3) is 0.150. The molecule has 0 fully saturated rings. The molecule has 0 radical (unpaired) electrons. The van der Waals surface area contributed by atoms with Crippen LogP contribution in [0.2, 0.25) is 0 Å². The van der Waals surface area contributed by atoms with Gasteiger partial charge in [-0.15, -0.1) is 0 Å². The number of nitrogens with one attached hydrogen (secondary N) is 1. The van der Waals surface area contributed by atoms with E-state index in [0.717, 1.165) is 34.6 Å². The minimum atomic E-state index is -4.47. The smallest absolute Gasteiger partial charge is 0.323 e. The normalized spacial score (nSPS) is 11.3. The van der Waals surface area contributed by atoms with Crippen molar-refractivity contribution in [2.75, 3.05) is 16.8 Å². The molecule has 0 aliphatic heterocycles. The van der Waals surface area contributed by atoms with Crippen LogP contribution >= 0.6 is 0 Å². The summed E-state index contributed by atoms with van der Waals surface area (Å²) in [5.41, 5.74) is 0.457. The molecule has 0 aliphatic carbocycles. The van der Waals surface area contributed by atoms with Gasteiger partial charge in [-0.1, -0.05) is 18.2 Å². The fourth-order valence-corrected chi connectivity index (χ4v) is 2.75. The summed E-state index contributed by atoms with van der Waals surface area (Å²) in [7, 11) is 0. The Hall–Kier alpha value is -3.42. The van der Waals surface area contributed by atoms with Crippen molar-refractivity contribution in [3.63, 3.8) is 0 Å². The van der Waals surface area contributed by atoms with E-state index in [-0.39, 0.29) is 12.2 Å². The summed E-state index contributed by atoms with van der Waals surface area (Å²) in [5, 5.41) is 3.54. The molecule has 5 nitrogen and oxygen atoms in total. The van der Waals surface area contributed by atoms with E-state index in [1.165, 1.54) is 6.92 Å². The zero-order valence-corrected chi connectivity index (χ0v) is 14.8. The molecule has 2 aromatic carbocycles. The van der Waals surface area contributed by atoms with Crippen molar-refractivity contribution >= 4 is 34.1 Å². The Morgan fingerprint density at radius 2 is 1.71 bits per heavy atom. The van der Waals surface area contributed by atoms with Crippen molar-refractivity contribution in [1.29, 1.82) is 0 Å². The zero-order valence-electron chi connectivity index (χ0n) is 14.8. The molecule has 0 spiro atoms. The maximum atomic E-state index is 12.7. The Morgan fingerprint density at radius 1 is 1.04 bits per heavy atom. The molecular formula is C20H16F3N3O2. The highest BCUT2D eigenvalue weighted by Gasteiger charge is 2.30. The molecule has 8 heteroatoms. The standard InChI is InChI=1S/C20H16F3N3O2/c1-13(27)26(16-9-7-15(8-10-16)20(21,22)23)12-18(28)25-17-6-2-4-14-5-3-11-24-19(14)17/h2-11H,12H2,1H3,(H,25,28). The Morgan fingerprint density at radius 3 is 2.36 bits per heavy atom. The number of halogens is 3. The van der Waals surface area contributed by atoms with Crippen LogP contribution in [-0.4, -0.2) is 23.3 Å². The van der Waals surface area contributed by atoms with Crippen LogP contribution in [0.4, 0.5) is 24.5 Å². The van der Waals surface area contributed by atoms with Gasteiger partial charge < -0.3 is 10.2 Å². The van der Waals surface area contributed by atoms with E-state index < -0.39 is 23.6 Å². The first-order valence-corrected chi connectivity index (χ1v) is 8.34. The second-order valence-electron chi connectivity index (χ2n) is 6.08. The molecule has 3 aromatic rings. The molecule has 144 valence electrons. The average Bonchev–Trinajstić information content (AvgIpc) is 2.66. The first-order chi connectivity index (χ1) is 13.3. The molecule has 0 atom stereocenters. The largest absolute Gasteiger partial charge is 0.416 e. The Labute approximate surface area is 158 Å². The summed E-state index contributed by atoms with van der Waals surface area (Å²) in [5.74, 6) is -0.959.